The monoisotopic (exact) mass is 356 g/mol. The van der Waals surface area contributed by atoms with E-state index in [0.29, 0.717) is 31.5 Å². The number of rotatable bonds is 6. The number of methoxy groups -OCH3 is 1. The first-order valence-electron chi connectivity index (χ1n) is 8.89. The minimum Gasteiger partial charge on any atom is -0.497 e. The van der Waals surface area contributed by atoms with Gasteiger partial charge in [0, 0.05) is 25.6 Å². The lowest BCUT2D eigenvalue weighted by Crippen LogP contribution is -2.46. The molecule has 1 aromatic heterocycles. The summed E-state index contributed by atoms with van der Waals surface area (Å²) in [6.45, 7) is 1.29. The molecule has 0 saturated carbocycles. The van der Waals surface area contributed by atoms with E-state index in [1.54, 1.807) is 13.2 Å². The third kappa shape index (κ3) is 4.65. The van der Waals surface area contributed by atoms with Gasteiger partial charge >= 0.3 is 0 Å². The van der Waals surface area contributed by atoms with Crippen molar-refractivity contribution in [3.63, 3.8) is 0 Å². The van der Waals surface area contributed by atoms with E-state index in [-0.39, 0.29) is 17.9 Å². The van der Waals surface area contributed by atoms with Crippen LogP contribution in [0.1, 0.15) is 35.2 Å². The van der Waals surface area contributed by atoms with Gasteiger partial charge in [0.05, 0.1) is 18.9 Å². The Labute approximate surface area is 153 Å². The number of likely N-dealkylation sites (tertiary alicyclic amines) is 1. The van der Waals surface area contributed by atoms with Crippen molar-refractivity contribution in [3.05, 3.63) is 54.0 Å². The molecule has 0 bridgehead atoms. The molecule has 0 unspecified atom stereocenters. The van der Waals surface area contributed by atoms with E-state index in [4.69, 9.17) is 9.15 Å². The smallest absolute Gasteiger partial charge is 0.257 e. The number of benzene rings is 1. The Hall–Kier alpha value is -2.76. The average molecular weight is 356 g/mol. The molecular weight excluding hydrogens is 332 g/mol. The molecule has 6 heteroatoms. The number of nitrogens with one attached hydrogen (secondary N) is 1. The van der Waals surface area contributed by atoms with Crippen LogP contribution in [-0.4, -0.2) is 43.0 Å². The molecule has 1 fully saturated rings. The number of hydrogen-bond donors (Lipinski definition) is 1. The summed E-state index contributed by atoms with van der Waals surface area (Å²) in [4.78, 5) is 26.3. The summed E-state index contributed by atoms with van der Waals surface area (Å²) in [5, 5.41) is 3.09. The molecule has 1 aromatic carbocycles. The van der Waals surface area contributed by atoms with E-state index in [2.05, 4.69) is 5.32 Å². The van der Waals surface area contributed by atoms with E-state index in [0.717, 1.165) is 24.2 Å². The number of ether oxygens (including phenoxy) is 1. The highest BCUT2D eigenvalue weighted by molar-refractivity contribution is 5.93. The zero-order chi connectivity index (χ0) is 18.4. The second kappa shape index (κ2) is 8.56. The predicted octanol–water partition coefficient (Wildman–Crippen LogP) is 2.64. The van der Waals surface area contributed by atoms with Crippen molar-refractivity contribution in [2.75, 3.05) is 20.2 Å². The maximum atomic E-state index is 12.3. The minimum atomic E-state index is -0.0125. The summed E-state index contributed by atoms with van der Waals surface area (Å²) in [6.07, 6.45) is 5.64. The van der Waals surface area contributed by atoms with Crippen molar-refractivity contribution < 1.29 is 18.7 Å². The molecular formula is C20H24N2O4. The van der Waals surface area contributed by atoms with Gasteiger partial charge in [-0.15, -0.1) is 0 Å². The van der Waals surface area contributed by atoms with Crippen LogP contribution in [0.2, 0.25) is 0 Å². The molecule has 1 saturated heterocycles. The summed E-state index contributed by atoms with van der Waals surface area (Å²) in [5.41, 5.74) is 1.66. The van der Waals surface area contributed by atoms with Gasteiger partial charge in [0.15, 0.2) is 0 Å². The van der Waals surface area contributed by atoms with Crippen molar-refractivity contribution in [2.45, 2.75) is 31.7 Å². The number of piperidine rings is 1. The number of nitrogens with zero attached hydrogens (tertiary/aromatic N) is 1. The van der Waals surface area contributed by atoms with Crippen molar-refractivity contribution in [3.8, 4) is 5.75 Å². The quantitative estimate of drug-likeness (QED) is 0.864. The number of carbonyl (C=O) groups excluding carboxylic acids is 2. The van der Waals surface area contributed by atoms with E-state index >= 15 is 0 Å². The first kappa shape index (κ1) is 18.0. The summed E-state index contributed by atoms with van der Waals surface area (Å²) in [5.74, 6) is 0.839. The fourth-order valence-electron chi connectivity index (χ4n) is 3.18. The maximum absolute atomic E-state index is 12.3. The van der Waals surface area contributed by atoms with E-state index in [9.17, 15) is 9.59 Å². The van der Waals surface area contributed by atoms with Crippen LogP contribution in [0.15, 0.2) is 47.3 Å². The number of aryl methyl sites for hydroxylation is 1. The van der Waals surface area contributed by atoms with Crippen molar-refractivity contribution in [2.24, 2.45) is 0 Å². The van der Waals surface area contributed by atoms with Gasteiger partial charge in [-0.1, -0.05) is 12.1 Å². The Morgan fingerprint density at radius 3 is 2.77 bits per heavy atom. The molecule has 0 atom stereocenters. The molecule has 1 N–H and O–H groups in total. The van der Waals surface area contributed by atoms with Crippen LogP contribution in [0.3, 0.4) is 0 Å². The minimum absolute atomic E-state index is 0.0125. The number of amides is 2. The zero-order valence-electron chi connectivity index (χ0n) is 14.9. The fourth-order valence-corrected chi connectivity index (χ4v) is 3.18. The first-order chi connectivity index (χ1) is 12.7. The van der Waals surface area contributed by atoms with Crippen LogP contribution >= 0.6 is 0 Å². The van der Waals surface area contributed by atoms with Crippen LogP contribution in [0.25, 0.3) is 0 Å². The molecule has 0 radical (unpaired) electrons. The van der Waals surface area contributed by atoms with Gasteiger partial charge in [0.2, 0.25) is 5.91 Å². The first-order valence-corrected chi connectivity index (χ1v) is 8.89. The van der Waals surface area contributed by atoms with Crippen LogP contribution in [0.4, 0.5) is 0 Å². The maximum Gasteiger partial charge on any atom is 0.257 e. The van der Waals surface area contributed by atoms with Crippen LogP contribution < -0.4 is 10.1 Å². The molecule has 0 aliphatic carbocycles. The molecule has 1 aliphatic rings. The van der Waals surface area contributed by atoms with Gasteiger partial charge < -0.3 is 19.4 Å². The summed E-state index contributed by atoms with van der Waals surface area (Å²) in [6, 6.07) is 9.57. The normalized spacial score (nSPS) is 14.9. The highest BCUT2D eigenvalue weighted by atomic mass is 16.5. The largest absolute Gasteiger partial charge is 0.497 e. The van der Waals surface area contributed by atoms with Crippen molar-refractivity contribution in [1.82, 2.24) is 10.2 Å². The van der Waals surface area contributed by atoms with Crippen LogP contribution in [0.5, 0.6) is 5.75 Å². The molecule has 26 heavy (non-hydrogen) atoms. The SMILES string of the molecule is COc1cccc(CCC(=O)NC2CCN(C(=O)c3ccoc3)CC2)c1. The van der Waals surface area contributed by atoms with E-state index in [1.807, 2.05) is 29.2 Å². The van der Waals surface area contributed by atoms with Crippen LogP contribution in [0, 0.1) is 0 Å². The van der Waals surface area contributed by atoms with Crippen molar-refractivity contribution in [1.29, 1.82) is 0 Å². The third-order valence-corrected chi connectivity index (χ3v) is 4.69. The molecule has 2 aromatic rings. The Morgan fingerprint density at radius 2 is 2.08 bits per heavy atom. The fraction of sp³-hybridized carbons (Fsp3) is 0.400. The summed E-state index contributed by atoms with van der Waals surface area (Å²) >= 11 is 0. The van der Waals surface area contributed by atoms with Gasteiger partial charge in [-0.05, 0) is 43.0 Å². The second-order valence-electron chi connectivity index (χ2n) is 6.50. The van der Waals surface area contributed by atoms with Gasteiger partial charge in [0.1, 0.15) is 12.0 Å². The lowest BCUT2D eigenvalue weighted by Gasteiger charge is -2.32. The van der Waals surface area contributed by atoms with Gasteiger partial charge in [-0.25, -0.2) is 0 Å². The molecule has 6 nitrogen and oxygen atoms in total. The summed E-state index contributed by atoms with van der Waals surface area (Å²) < 4.78 is 10.2. The molecule has 2 amide bonds. The van der Waals surface area contributed by atoms with E-state index < -0.39 is 0 Å². The van der Waals surface area contributed by atoms with Gasteiger partial charge in [0.25, 0.3) is 5.91 Å². The lowest BCUT2D eigenvalue weighted by molar-refractivity contribution is -0.122. The molecule has 3 rings (SSSR count). The Bertz CT molecular complexity index is 734. The second-order valence-corrected chi connectivity index (χ2v) is 6.50. The topological polar surface area (TPSA) is 71.8 Å². The lowest BCUT2D eigenvalue weighted by atomic mass is 10.0. The number of carbonyl (C=O) groups is 2. The molecule has 1 aliphatic heterocycles. The summed E-state index contributed by atoms with van der Waals surface area (Å²) in [7, 11) is 1.63. The van der Waals surface area contributed by atoms with Crippen molar-refractivity contribution >= 4 is 11.8 Å². The van der Waals surface area contributed by atoms with Crippen LogP contribution in [-0.2, 0) is 11.2 Å². The Balaban J connectivity index is 1.41. The molecule has 0 spiro atoms. The zero-order valence-corrected chi connectivity index (χ0v) is 14.9. The molecule has 2 heterocycles. The highest BCUT2D eigenvalue weighted by Gasteiger charge is 2.24. The number of hydrogen-bond acceptors (Lipinski definition) is 4. The average Bonchev–Trinajstić information content (AvgIpc) is 3.21. The standard InChI is InChI=1S/C20H24N2O4/c1-25-18-4-2-3-15(13-18)5-6-19(23)21-17-7-10-22(11-8-17)20(24)16-9-12-26-14-16/h2-4,9,12-14,17H,5-8,10-11H2,1H3,(H,21,23). The Kier molecular flexibility index (Phi) is 5.94. The molecule has 138 valence electrons. The van der Waals surface area contributed by atoms with E-state index in [1.165, 1.54) is 12.5 Å². The third-order valence-electron chi connectivity index (χ3n) is 4.69. The predicted molar refractivity (Wildman–Crippen MR) is 97.1 cm³/mol. The Morgan fingerprint density at radius 1 is 1.27 bits per heavy atom. The van der Waals surface area contributed by atoms with Gasteiger partial charge in [-0.2, -0.15) is 0 Å². The van der Waals surface area contributed by atoms with Gasteiger partial charge in [-0.3, -0.25) is 9.59 Å². The number of furan rings is 1. The highest BCUT2D eigenvalue weighted by Crippen LogP contribution is 2.16.